The molecule has 0 unspecified atom stereocenters. The van der Waals surface area contributed by atoms with Gasteiger partial charge in [-0.25, -0.2) is 14.4 Å². The van der Waals surface area contributed by atoms with Gasteiger partial charge in [0.25, 0.3) is 0 Å². The molecule has 0 aliphatic rings. The maximum Gasteiger partial charge on any atom is 0.516 e. The van der Waals surface area contributed by atoms with Gasteiger partial charge in [0.15, 0.2) is 0 Å². The normalized spacial score (nSPS) is 9.57. The summed E-state index contributed by atoms with van der Waals surface area (Å²) in [6.45, 7) is 1.67. The Morgan fingerprint density at radius 1 is 1.14 bits per heavy atom. The molecule has 0 spiro atoms. The molecule has 0 atom stereocenters. The van der Waals surface area contributed by atoms with Crippen molar-refractivity contribution in [2.45, 2.75) is 6.92 Å². The number of methoxy groups -OCH3 is 1. The second-order valence-corrected chi connectivity index (χ2v) is 1.96. The number of hydrogen-bond acceptors (Lipinski definition) is 6. The topological polar surface area (TPSA) is 78.9 Å². The zero-order chi connectivity index (χ0) is 11.0. The minimum Gasteiger partial charge on any atom is -0.466 e. The summed E-state index contributed by atoms with van der Waals surface area (Å²) in [5, 5.41) is 0. The average Bonchev–Trinajstić information content (AvgIpc) is 2.14. The van der Waals surface area contributed by atoms with Crippen LogP contribution in [0.1, 0.15) is 6.92 Å². The van der Waals surface area contributed by atoms with E-state index in [9.17, 15) is 14.4 Å². The molecule has 0 aliphatic heterocycles. The van der Waals surface area contributed by atoms with Gasteiger partial charge in [0, 0.05) is 12.2 Å². The van der Waals surface area contributed by atoms with Gasteiger partial charge in [0.1, 0.15) is 0 Å². The molecule has 6 heteroatoms. The van der Waals surface area contributed by atoms with Crippen LogP contribution in [0.5, 0.6) is 0 Å². The molecule has 6 nitrogen and oxygen atoms in total. The smallest absolute Gasteiger partial charge is 0.466 e. The van der Waals surface area contributed by atoms with E-state index in [1.807, 2.05) is 0 Å². The fraction of sp³-hybridized carbons (Fsp3) is 0.375. The molecule has 0 bridgehead atoms. The summed E-state index contributed by atoms with van der Waals surface area (Å²) < 4.78 is 12.6. The van der Waals surface area contributed by atoms with Gasteiger partial charge in [-0.1, -0.05) is 0 Å². The second-order valence-electron chi connectivity index (χ2n) is 1.96. The van der Waals surface area contributed by atoms with Crippen LogP contribution in [0.3, 0.4) is 0 Å². The Balaban J connectivity index is 3.92. The molecule has 0 aromatic rings. The number of hydrogen-bond donors (Lipinski definition) is 0. The van der Waals surface area contributed by atoms with Crippen LogP contribution < -0.4 is 0 Å². The molecule has 14 heavy (non-hydrogen) atoms. The first-order valence-corrected chi connectivity index (χ1v) is 3.74. The lowest BCUT2D eigenvalue weighted by Gasteiger charge is -1.98. The van der Waals surface area contributed by atoms with Gasteiger partial charge in [0.2, 0.25) is 0 Å². The maximum atomic E-state index is 10.7. The van der Waals surface area contributed by atoms with Crippen molar-refractivity contribution in [2.24, 2.45) is 0 Å². The lowest BCUT2D eigenvalue weighted by Crippen LogP contribution is -2.12. The van der Waals surface area contributed by atoms with E-state index in [0.717, 1.165) is 19.3 Å². The fourth-order valence-electron chi connectivity index (χ4n) is 0.468. The molecule has 0 aromatic heterocycles. The first-order valence-electron chi connectivity index (χ1n) is 3.74. The van der Waals surface area contributed by atoms with Gasteiger partial charge in [-0.05, 0) is 6.92 Å². The van der Waals surface area contributed by atoms with Crippen LogP contribution in [0.25, 0.3) is 0 Å². The van der Waals surface area contributed by atoms with E-state index in [0.29, 0.717) is 0 Å². The van der Waals surface area contributed by atoms with E-state index in [-0.39, 0.29) is 6.61 Å². The lowest BCUT2D eigenvalue weighted by atomic mass is 10.5. The molecular formula is C8H10O6. The molecule has 0 aromatic carbocycles. The van der Waals surface area contributed by atoms with Crippen LogP contribution in [-0.2, 0) is 23.8 Å². The lowest BCUT2D eigenvalue weighted by molar-refractivity contribution is -0.137. The van der Waals surface area contributed by atoms with Crippen LogP contribution >= 0.6 is 0 Å². The van der Waals surface area contributed by atoms with Crippen molar-refractivity contribution in [3.8, 4) is 0 Å². The van der Waals surface area contributed by atoms with Crippen molar-refractivity contribution >= 4 is 18.1 Å². The highest BCUT2D eigenvalue weighted by Gasteiger charge is 2.07. The second kappa shape index (κ2) is 6.64. The Morgan fingerprint density at radius 3 is 2.21 bits per heavy atom. The summed E-state index contributed by atoms with van der Waals surface area (Å²) in [6, 6.07) is 0. The van der Waals surface area contributed by atoms with Gasteiger partial charge in [-0.15, -0.1) is 0 Å². The van der Waals surface area contributed by atoms with Crippen LogP contribution in [0.4, 0.5) is 4.79 Å². The third-order valence-corrected chi connectivity index (χ3v) is 1.00. The highest BCUT2D eigenvalue weighted by Crippen LogP contribution is 1.88. The monoisotopic (exact) mass is 202 g/mol. The summed E-state index contributed by atoms with van der Waals surface area (Å²) in [7, 11) is 1.16. The van der Waals surface area contributed by atoms with Crippen molar-refractivity contribution < 1.29 is 28.6 Å². The third-order valence-electron chi connectivity index (χ3n) is 1.00. The molecule has 78 valence electrons. The maximum absolute atomic E-state index is 10.7. The molecule has 0 radical (unpaired) electrons. The Labute approximate surface area is 80.4 Å². The predicted molar refractivity (Wildman–Crippen MR) is 44.3 cm³/mol. The van der Waals surface area contributed by atoms with Gasteiger partial charge >= 0.3 is 18.1 Å². The largest absolute Gasteiger partial charge is 0.516 e. The zero-order valence-electron chi connectivity index (χ0n) is 7.81. The highest BCUT2D eigenvalue weighted by molar-refractivity contribution is 5.95. The first kappa shape index (κ1) is 12.2. The molecule has 0 aliphatic carbocycles. The molecular weight excluding hydrogens is 192 g/mol. The number of ether oxygens (including phenoxy) is 3. The molecule has 0 amide bonds. The number of rotatable bonds is 3. The van der Waals surface area contributed by atoms with E-state index in [2.05, 4.69) is 14.2 Å². The number of carbonyl (C=O) groups is 3. The quantitative estimate of drug-likeness (QED) is 0.374. The van der Waals surface area contributed by atoms with Crippen LogP contribution in [0.15, 0.2) is 12.2 Å². The summed E-state index contributed by atoms with van der Waals surface area (Å²) >= 11 is 0. The third kappa shape index (κ3) is 5.76. The Hall–Kier alpha value is -1.85. The van der Waals surface area contributed by atoms with E-state index < -0.39 is 18.1 Å². The Morgan fingerprint density at radius 2 is 1.71 bits per heavy atom. The van der Waals surface area contributed by atoms with Gasteiger partial charge in [-0.3, -0.25) is 0 Å². The summed E-state index contributed by atoms with van der Waals surface area (Å²) in [5.41, 5.74) is 0. The Kier molecular flexibility index (Phi) is 5.77. The summed E-state index contributed by atoms with van der Waals surface area (Å²) in [6.07, 6.45) is 0.497. The van der Waals surface area contributed by atoms with Crippen LogP contribution in [0.2, 0.25) is 0 Å². The standard InChI is InChI=1S/C8H10O6/c1-3-13-8(11)14-7(10)5-4-6(9)12-2/h4-5H,3H2,1-2H3. The molecule has 0 rings (SSSR count). The molecule has 0 saturated carbocycles. The van der Waals surface area contributed by atoms with Gasteiger partial charge in [-0.2, -0.15) is 0 Å². The SMILES string of the molecule is CCOC(=O)OC(=O)C=CC(=O)OC. The minimum atomic E-state index is -1.10. The fourth-order valence-corrected chi connectivity index (χ4v) is 0.468. The highest BCUT2D eigenvalue weighted by atomic mass is 16.7. The number of esters is 2. The van der Waals surface area contributed by atoms with E-state index in [1.54, 1.807) is 6.92 Å². The van der Waals surface area contributed by atoms with E-state index >= 15 is 0 Å². The van der Waals surface area contributed by atoms with Crippen LogP contribution in [-0.4, -0.2) is 31.8 Å². The van der Waals surface area contributed by atoms with Crippen molar-refractivity contribution in [1.82, 2.24) is 0 Å². The molecule has 0 fully saturated rings. The van der Waals surface area contributed by atoms with E-state index in [4.69, 9.17) is 0 Å². The average molecular weight is 202 g/mol. The number of carbonyl (C=O) groups excluding carboxylic acids is 3. The molecule has 0 N–H and O–H groups in total. The minimum absolute atomic E-state index is 0.104. The zero-order valence-corrected chi connectivity index (χ0v) is 7.81. The van der Waals surface area contributed by atoms with Gasteiger partial charge < -0.3 is 14.2 Å². The first-order chi connectivity index (χ1) is 6.60. The van der Waals surface area contributed by atoms with Crippen molar-refractivity contribution in [3.05, 3.63) is 12.2 Å². The van der Waals surface area contributed by atoms with Crippen molar-refractivity contribution in [3.63, 3.8) is 0 Å². The summed E-state index contributed by atoms with van der Waals surface area (Å²) in [5.74, 6) is -1.71. The molecule has 0 saturated heterocycles. The molecule has 0 heterocycles. The van der Waals surface area contributed by atoms with Crippen molar-refractivity contribution in [2.75, 3.05) is 13.7 Å². The Bertz CT molecular complexity index is 255. The van der Waals surface area contributed by atoms with Gasteiger partial charge in [0.05, 0.1) is 13.7 Å². The predicted octanol–water partition coefficient (Wildman–Crippen LogP) is 0.415. The van der Waals surface area contributed by atoms with Crippen LogP contribution in [0, 0.1) is 0 Å². The summed E-state index contributed by atoms with van der Waals surface area (Å²) in [4.78, 5) is 31.8. The van der Waals surface area contributed by atoms with Crippen molar-refractivity contribution in [1.29, 1.82) is 0 Å². The van der Waals surface area contributed by atoms with E-state index in [1.165, 1.54) is 0 Å².